The first-order valence-corrected chi connectivity index (χ1v) is 10.3. The number of anilines is 1. The molecule has 1 amide bonds. The Morgan fingerprint density at radius 2 is 1.76 bits per heavy atom. The lowest BCUT2D eigenvalue weighted by Gasteiger charge is -2.17. The molecular weight excluding hydrogens is 394 g/mol. The van der Waals surface area contributed by atoms with Crippen LogP contribution in [0.1, 0.15) is 16.7 Å². The van der Waals surface area contributed by atoms with Gasteiger partial charge in [0.25, 0.3) is 15.9 Å². The number of rotatable bonds is 5. The first-order chi connectivity index (χ1) is 13.7. The Kier molecular flexibility index (Phi) is 5.69. The van der Waals surface area contributed by atoms with Crippen molar-refractivity contribution in [2.75, 3.05) is 25.5 Å². The molecule has 0 atom stereocenters. The van der Waals surface area contributed by atoms with Gasteiger partial charge in [0.05, 0.1) is 0 Å². The van der Waals surface area contributed by atoms with E-state index in [4.69, 9.17) is 4.74 Å². The van der Waals surface area contributed by atoms with E-state index >= 15 is 0 Å². The molecule has 0 bridgehead atoms. The van der Waals surface area contributed by atoms with Crippen molar-refractivity contribution in [3.8, 4) is 0 Å². The number of fused-ring (bicyclic) bond motifs is 1. The SMILES string of the molecule is Cc1cc(C)cc(NC(=O)COC(=O)CN(C)C2=NS(=O)(=O)c3ccccc32)c1. The van der Waals surface area contributed by atoms with Gasteiger partial charge in [0, 0.05) is 18.3 Å². The number of ether oxygens (including phenoxy) is 1. The van der Waals surface area contributed by atoms with E-state index in [2.05, 4.69) is 9.71 Å². The van der Waals surface area contributed by atoms with Crippen LogP contribution in [-0.2, 0) is 24.3 Å². The van der Waals surface area contributed by atoms with Crippen molar-refractivity contribution >= 4 is 33.4 Å². The van der Waals surface area contributed by atoms with E-state index in [-0.39, 0.29) is 17.3 Å². The number of carbonyl (C=O) groups is 2. The highest BCUT2D eigenvalue weighted by molar-refractivity contribution is 7.90. The van der Waals surface area contributed by atoms with Crippen LogP contribution in [0, 0.1) is 13.8 Å². The molecule has 2 aromatic rings. The van der Waals surface area contributed by atoms with Crippen LogP contribution in [0.2, 0.25) is 0 Å². The summed E-state index contributed by atoms with van der Waals surface area (Å²) in [5, 5.41) is 2.68. The zero-order chi connectivity index (χ0) is 21.2. The standard InChI is InChI=1S/C20H21N3O5S/c1-13-8-14(2)10-15(9-13)21-18(24)12-28-19(25)11-23(3)20-16-6-4-5-7-17(16)29(26,27)22-20/h4-10H,11-12H2,1-3H3,(H,21,24). The number of amidine groups is 1. The lowest BCUT2D eigenvalue weighted by atomic mass is 10.1. The molecule has 0 aliphatic carbocycles. The molecule has 29 heavy (non-hydrogen) atoms. The second-order valence-electron chi connectivity index (χ2n) is 6.83. The summed E-state index contributed by atoms with van der Waals surface area (Å²) in [6.07, 6.45) is 0. The molecule has 9 heteroatoms. The predicted molar refractivity (Wildman–Crippen MR) is 108 cm³/mol. The average molecular weight is 415 g/mol. The number of carbonyl (C=O) groups excluding carboxylic acids is 2. The van der Waals surface area contributed by atoms with Gasteiger partial charge in [0.1, 0.15) is 11.4 Å². The Morgan fingerprint density at radius 1 is 1.10 bits per heavy atom. The maximum Gasteiger partial charge on any atom is 0.326 e. The van der Waals surface area contributed by atoms with Crippen LogP contribution < -0.4 is 5.32 Å². The van der Waals surface area contributed by atoms with Gasteiger partial charge in [-0.1, -0.05) is 18.2 Å². The number of aryl methyl sites for hydroxylation is 2. The summed E-state index contributed by atoms with van der Waals surface area (Å²) in [6, 6.07) is 12.0. The minimum atomic E-state index is -3.77. The summed E-state index contributed by atoms with van der Waals surface area (Å²) in [6.45, 7) is 3.14. The Balaban J connectivity index is 1.56. The highest BCUT2D eigenvalue weighted by Crippen LogP contribution is 2.26. The molecular formula is C20H21N3O5S. The van der Waals surface area contributed by atoms with Gasteiger partial charge in [-0.25, -0.2) is 0 Å². The maximum absolute atomic E-state index is 12.1. The van der Waals surface area contributed by atoms with Crippen molar-refractivity contribution in [1.82, 2.24) is 4.90 Å². The number of benzene rings is 2. The van der Waals surface area contributed by atoms with Gasteiger partial charge in [-0.15, -0.1) is 4.40 Å². The van der Waals surface area contributed by atoms with Crippen molar-refractivity contribution in [3.63, 3.8) is 0 Å². The highest BCUT2D eigenvalue weighted by atomic mass is 32.2. The number of likely N-dealkylation sites (N-methyl/N-ethyl adjacent to an activating group) is 1. The largest absolute Gasteiger partial charge is 0.454 e. The van der Waals surface area contributed by atoms with Crippen LogP contribution in [0.25, 0.3) is 0 Å². The van der Waals surface area contributed by atoms with Crippen LogP contribution in [0.3, 0.4) is 0 Å². The lowest BCUT2D eigenvalue weighted by molar-refractivity contribution is -0.147. The first-order valence-electron chi connectivity index (χ1n) is 8.85. The zero-order valence-electron chi connectivity index (χ0n) is 16.3. The normalized spacial score (nSPS) is 14.0. The van der Waals surface area contributed by atoms with Gasteiger partial charge in [-0.2, -0.15) is 8.42 Å². The molecule has 1 N–H and O–H groups in total. The van der Waals surface area contributed by atoms with Crippen molar-refractivity contribution in [2.45, 2.75) is 18.7 Å². The third kappa shape index (κ3) is 4.80. The Bertz CT molecular complexity index is 1090. The monoisotopic (exact) mass is 415 g/mol. The molecule has 1 aliphatic rings. The van der Waals surface area contributed by atoms with Gasteiger partial charge >= 0.3 is 5.97 Å². The molecule has 2 aromatic carbocycles. The fourth-order valence-electron chi connectivity index (χ4n) is 3.07. The van der Waals surface area contributed by atoms with Gasteiger partial charge in [-0.3, -0.25) is 9.59 Å². The number of hydrogen-bond acceptors (Lipinski definition) is 6. The lowest BCUT2D eigenvalue weighted by Crippen LogP contribution is -2.34. The van der Waals surface area contributed by atoms with Gasteiger partial charge in [0.2, 0.25) is 0 Å². The van der Waals surface area contributed by atoms with Crippen LogP contribution in [-0.4, -0.2) is 51.2 Å². The minimum Gasteiger partial charge on any atom is -0.454 e. The van der Waals surface area contributed by atoms with E-state index < -0.39 is 28.5 Å². The van der Waals surface area contributed by atoms with E-state index in [0.717, 1.165) is 11.1 Å². The zero-order valence-corrected chi connectivity index (χ0v) is 17.1. The summed E-state index contributed by atoms with van der Waals surface area (Å²) in [4.78, 5) is 25.6. The molecule has 152 valence electrons. The topological polar surface area (TPSA) is 105 Å². The number of sulfonamides is 1. The van der Waals surface area contributed by atoms with Crippen LogP contribution >= 0.6 is 0 Å². The minimum absolute atomic E-state index is 0.100. The summed E-state index contributed by atoms with van der Waals surface area (Å²) in [5.74, 6) is -0.970. The second-order valence-corrected chi connectivity index (χ2v) is 8.40. The third-order valence-corrected chi connectivity index (χ3v) is 5.54. The summed E-state index contributed by atoms with van der Waals surface area (Å²) >= 11 is 0. The van der Waals surface area contributed by atoms with Gasteiger partial charge < -0.3 is 15.0 Å². The first kappa shape index (κ1) is 20.5. The number of hydrogen-bond donors (Lipinski definition) is 1. The van der Waals surface area contributed by atoms with Crippen LogP contribution in [0.4, 0.5) is 5.69 Å². The third-order valence-electron chi connectivity index (χ3n) is 4.21. The smallest absolute Gasteiger partial charge is 0.326 e. The van der Waals surface area contributed by atoms with Crippen LogP contribution in [0.5, 0.6) is 0 Å². The molecule has 8 nitrogen and oxygen atoms in total. The van der Waals surface area contributed by atoms with E-state index in [9.17, 15) is 18.0 Å². The molecule has 0 aromatic heterocycles. The maximum atomic E-state index is 12.1. The average Bonchev–Trinajstić information content (AvgIpc) is 2.91. The number of amides is 1. The molecule has 1 heterocycles. The number of esters is 1. The van der Waals surface area contributed by atoms with E-state index in [1.165, 1.54) is 18.0 Å². The van der Waals surface area contributed by atoms with Crippen LogP contribution in [0.15, 0.2) is 51.8 Å². The molecule has 0 saturated heterocycles. The van der Waals surface area contributed by atoms with Gasteiger partial charge in [-0.05, 0) is 49.2 Å². The summed E-state index contributed by atoms with van der Waals surface area (Å²) in [7, 11) is -2.24. The Hall–Kier alpha value is -3.20. The fourth-order valence-corrected chi connectivity index (χ4v) is 4.32. The summed E-state index contributed by atoms with van der Waals surface area (Å²) < 4.78 is 33.0. The fraction of sp³-hybridized carbons (Fsp3) is 0.250. The Morgan fingerprint density at radius 3 is 2.45 bits per heavy atom. The molecule has 0 spiro atoms. The number of nitrogens with one attached hydrogen (secondary N) is 1. The number of nitrogens with zero attached hydrogens (tertiary/aromatic N) is 2. The van der Waals surface area contributed by atoms with E-state index in [1.807, 2.05) is 32.0 Å². The van der Waals surface area contributed by atoms with Crippen molar-refractivity contribution in [1.29, 1.82) is 0 Å². The van der Waals surface area contributed by atoms with Crippen molar-refractivity contribution in [3.05, 3.63) is 59.2 Å². The van der Waals surface area contributed by atoms with Crippen molar-refractivity contribution in [2.24, 2.45) is 4.40 Å². The molecule has 1 aliphatic heterocycles. The molecule has 0 fully saturated rings. The highest BCUT2D eigenvalue weighted by Gasteiger charge is 2.31. The summed E-state index contributed by atoms with van der Waals surface area (Å²) in [5.41, 5.74) is 3.07. The van der Waals surface area contributed by atoms with Gasteiger partial charge in [0.15, 0.2) is 12.4 Å². The van der Waals surface area contributed by atoms with E-state index in [0.29, 0.717) is 11.3 Å². The quantitative estimate of drug-likeness (QED) is 0.748. The predicted octanol–water partition coefficient (Wildman–Crippen LogP) is 1.87. The molecule has 0 saturated carbocycles. The van der Waals surface area contributed by atoms with Crippen molar-refractivity contribution < 1.29 is 22.7 Å². The molecule has 3 rings (SSSR count). The molecule has 0 radical (unpaired) electrons. The second kappa shape index (κ2) is 8.04. The van der Waals surface area contributed by atoms with E-state index in [1.54, 1.807) is 18.2 Å². The molecule has 0 unspecified atom stereocenters. The Labute approximate surface area is 169 Å².